The highest BCUT2D eigenvalue weighted by Gasteiger charge is 2.18. The highest BCUT2D eigenvalue weighted by molar-refractivity contribution is 7.99. The molecular weight excluding hydrogens is 344 g/mol. The van der Waals surface area contributed by atoms with Gasteiger partial charge >= 0.3 is 0 Å². The highest BCUT2D eigenvalue weighted by Crippen LogP contribution is 2.37. The van der Waals surface area contributed by atoms with Gasteiger partial charge in [0.1, 0.15) is 11.3 Å². The second-order valence-electron chi connectivity index (χ2n) is 5.98. The van der Waals surface area contributed by atoms with Crippen LogP contribution in [-0.2, 0) is 0 Å². The largest absolute Gasteiger partial charge is 0.481 e. The van der Waals surface area contributed by atoms with Gasteiger partial charge in [-0.2, -0.15) is 4.98 Å². The van der Waals surface area contributed by atoms with Crippen molar-refractivity contribution in [2.24, 2.45) is 0 Å². The molecule has 5 nitrogen and oxygen atoms in total. The molecule has 2 aromatic carbocycles. The summed E-state index contributed by atoms with van der Waals surface area (Å²) >= 11 is 1.80. The van der Waals surface area contributed by atoms with Crippen LogP contribution in [0.15, 0.2) is 65.6 Å². The SMILES string of the molecule is COc1ccc2nc(-c3ccccc3)n(-c3ccc4c(c3)SCN4)c2n1. The van der Waals surface area contributed by atoms with Crippen LogP contribution in [0.2, 0.25) is 0 Å². The third-order valence-electron chi connectivity index (χ3n) is 4.43. The second kappa shape index (κ2) is 6.07. The van der Waals surface area contributed by atoms with E-state index >= 15 is 0 Å². The number of methoxy groups -OCH3 is 1. The number of anilines is 1. The maximum Gasteiger partial charge on any atom is 0.215 e. The second-order valence-corrected chi connectivity index (χ2v) is 7.00. The number of rotatable bonds is 3. The first-order chi connectivity index (χ1) is 12.8. The normalized spacial score (nSPS) is 12.8. The van der Waals surface area contributed by atoms with Crippen molar-refractivity contribution in [2.75, 3.05) is 18.3 Å². The van der Waals surface area contributed by atoms with Crippen LogP contribution < -0.4 is 10.1 Å². The van der Waals surface area contributed by atoms with E-state index in [0.717, 1.165) is 34.1 Å². The lowest BCUT2D eigenvalue weighted by Crippen LogP contribution is -2.00. The van der Waals surface area contributed by atoms with Gasteiger partial charge in [-0.1, -0.05) is 30.3 Å². The molecule has 4 aromatic rings. The monoisotopic (exact) mass is 360 g/mol. The molecule has 1 aliphatic heterocycles. The summed E-state index contributed by atoms with van der Waals surface area (Å²) in [6.45, 7) is 0. The summed E-state index contributed by atoms with van der Waals surface area (Å²) in [5, 5.41) is 3.38. The fraction of sp³-hybridized carbons (Fsp3) is 0.100. The predicted octanol–water partition coefficient (Wildman–Crippen LogP) is 4.57. The molecule has 0 saturated carbocycles. The van der Waals surface area contributed by atoms with Crippen molar-refractivity contribution < 1.29 is 4.74 Å². The van der Waals surface area contributed by atoms with Crippen molar-refractivity contribution in [1.29, 1.82) is 0 Å². The quantitative estimate of drug-likeness (QED) is 0.580. The van der Waals surface area contributed by atoms with Crippen LogP contribution in [0, 0.1) is 0 Å². The lowest BCUT2D eigenvalue weighted by molar-refractivity contribution is 0.399. The Morgan fingerprint density at radius 2 is 1.92 bits per heavy atom. The Balaban J connectivity index is 1.80. The molecule has 5 rings (SSSR count). The van der Waals surface area contributed by atoms with Crippen LogP contribution in [-0.4, -0.2) is 27.5 Å². The molecule has 2 aromatic heterocycles. The number of imidazole rings is 1. The molecule has 1 N–H and O–H groups in total. The first-order valence-electron chi connectivity index (χ1n) is 8.33. The van der Waals surface area contributed by atoms with E-state index in [2.05, 4.69) is 45.2 Å². The first kappa shape index (κ1) is 15.3. The third-order valence-corrected chi connectivity index (χ3v) is 5.37. The molecule has 0 radical (unpaired) electrons. The lowest BCUT2D eigenvalue weighted by Gasteiger charge is -2.11. The summed E-state index contributed by atoms with van der Waals surface area (Å²) < 4.78 is 7.44. The summed E-state index contributed by atoms with van der Waals surface area (Å²) in [4.78, 5) is 10.8. The average molecular weight is 360 g/mol. The minimum Gasteiger partial charge on any atom is -0.481 e. The van der Waals surface area contributed by atoms with E-state index in [1.165, 1.54) is 10.6 Å². The van der Waals surface area contributed by atoms with E-state index in [-0.39, 0.29) is 0 Å². The van der Waals surface area contributed by atoms with Crippen molar-refractivity contribution in [2.45, 2.75) is 4.90 Å². The van der Waals surface area contributed by atoms with Gasteiger partial charge in [-0.3, -0.25) is 4.57 Å². The Morgan fingerprint density at radius 3 is 2.77 bits per heavy atom. The van der Waals surface area contributed by atoms with Crippen molar-refractivity contribution in [3.8, 4) is 23.0 Å². The molecule has 3 heterocycles. The van der Waals surface area contributed by atoms with Gasteiger partial charge in [0, 0.05) is 22.2 Å². The Bertz CT molecular complexity index is 1110. The minimum absolute atomic E-state index is 0.579. The van der Waals surface area contributed by atoms with Gasteiger partial charge in [0.15, 0.2) is 5.65 Å². The molecular formula is C20H16N4OS. The van der Waals surface area contributed by atoms with E-state index in [1.54, 1.807) is 18.9 Å². The van der Waals surface area contributed by atoms with E-state index in [4.69, 9.17) is 9.72 Å². The number of nitrogens with one attached hydrogen (secondary N) is 1. The van der Waals surface area contributed by atoms with Gasteiger partial charge in [-0.25, -0.2) is 4.98 Å². The zero-order valence-corrected chi connectivity index (χ0v) is 15.0. The Kier molecular flexibility index (Phi) is 3.57. The Morgan fingerprint density at radius 1 is 1.04 bits per heavy atom. The molecule has 0 fully saturated rings. The van der Waals surface area contributed by atoms with E-state index < -0.39 is 0 Å². The zero-order valence-electron chi connectivity index (χ0n) is 14.1. The number of benzene rings is 2. The maximum atomic E-state index is 5.34. The summed E-state index contributed by atoms with van der Waals surface area (Å²) in [6.07, 6.45) is 0. The molecule has 0 spiro atoms. The summed E-state index contributed by atoms with van der Waals surface area (Å²) in [6, 6.07) is 20.4. The van der Waals surface area contributed by atoms with Crippen LogP contribution in [0.3, 0.4) is 0 Å². The fourth-order valence-corrected chi connectivity index (χ4v) is 4.07. The Labute approximate surface area is 155 Å². The predicted molar refractivity (Wildman–Crippen MR) is 105 cm³/mol. The molecule has 6 heteroatoms. The molecule has 0 atom stereocenters. The number of ether oxygens (including phenoxy) is 1. The van der Waals surface area contributed by atoms with Crippen molar-refractivity contribution in [3.63, 3.8) is 0 Å². The third kappa shape index (κ3) is 2.42. The van der Waals surface area contributed by atoms with Crippen molar-refractivity contribution in [1.82, 2.24) is 14.5 Å². The number of hydrogen-bond acceptors (Lipinski definition) is 5. The molecule has 0 bridgehead atoms. The van der Waals surface area contributed by atoms with Gasteiger partial charge < -0.3 is 10.1 Å². The highest BCUT2D eigenvalue weighted by atomic mass is 32.2. The fourth-order valence-electron chi connectivity index (χ4n) is 3.19. The lowest BCUT2D eigenvalue weighted by atomic mass is 10.2. The van der Waals surface area contributed by atoms with E-state index in [1.807, 2.05) is 30.3 Å². The van der Waals surface area contributed by atoms with E-state index in [0.29, 0.717) is 5.88 Å². The van der Waals surface area contributed by atoms with Crippen molar-refractivity contribution in [3.05, 3.63) is 60.7 Å². The smallest absolute Gasteiger partial charge is 0.215 e. The van der Waals surface area contributed by atoms with Gasteiger partial charge in [-0.15, -0.1) is 11.8 Å². The molecule has 0 amide bonds. The van der Waals surface area contributed by atoms with Crippen LogP contribution in [0.5, 0.6) is 5.88 Å². The number of nitrogens with zero attached hydrogens (tertiary/aromatic N) is 3. The summed E-state index contributed by atoms with van der Waals surface area (Å²) in [5.41, 5.74) is 4.91. The maximum absolute atomic E-state index is 5.34. The number of thioether (sulfide) groups is 1. The van der Waals surface area contributed by atoms with Crippen LogP contribution >= 0.6 is 11.8 Å². The van der Waals surface area contributed by atoms with Gasteiger partial charge in [0.05, 0.1) is 18.7 Å². The molecule has 1 aliphatic rings. The average Bonchev–Trinajstić information content (AvgIpc) is 3.31. The first-order valence-corrected chi connectivity index (χ1v) is 9.32. The number of pyridine rings is 1. The zero-order chi connectivity index (χ0) is 17.5. The van der Waals surface area contributed by atoms with Gasteiger partial charge in [-0.05, 0) is 24.3 Å². The molecule has 0 saturated heterocycles. The number of fused-ring (bicyclic) bond motifs is 2. The van der Waals surface area contributed by atoms with E-state index in [9.17, 15) is 0 Å². The number of hydrogen-bond donors (Lipinski definition) is 1. The molecule has 0 aliphatic carbocycles. The topological polar surface area (TPSA) is 52.0 Å². The molecule has 26 heavy (non-hydrogen) atoms. The minimum atomic E-state index is 0.579. The standard InChI is InChI=1S/C20H16N4OS/c1-25-18-10-9-16-20(23-18)24(19(22-16)13-5-3-2-4-6-13)14-7-8-15-17(11-14)26-12-21-15/h2-11,21H,12H2,1H3. The Hall–Kier alpha value is -2.99. The van der Waals surface area contributed by atoms with Gasteiger partial charge in [0.2, 0.25) is 5.88 Å². The van der Waals surface area contributed by atoms with Gasteiger partial charge in [0.25, 0.3) is 0 Å². The molecule has 0 unspecified atom stereocenters. The number of aromatic nitrogens is 3. The van der Waals surface area contributed by atoms with Crippen LogP contribution in [0.25, 0.3) is 28.2 Å². The van der Waals surface area contributed by atoms with Crippen LogP contribution in [0.1, 0.15) is 0 Å². The van der Waals surface area contributed by atoms with Crippen molar-refractivity contribution >= 4 is 28.6 Å². The summed E-state index contributed by atoms with van der Waals surface area (Å²) in [7, 11) is 1.63. The molecule has 128 valence electrons. The summed E-state index contributed by atoms with van der Waals surface area (Å²) in [5.74, 6) is 2.36. The van der Waals surface area contributed by atoms with Crippen LogP contribution in [0.4, 0.5) is 5.69 Å².